The smallest absolute Gasteiger partial charge is 0.328 e. The van der Waals surface area contributed by atoms with Crippen molar-refractivity contribution in [2.75, 3.05) is 54.4 Å². The molecular weight excluding hydrogens is 700 g/mol. The predicted octanol–water partition coefficient (Wildman–Crippen LogP) is 1.32. The molecule has 290 valence electrons. The first-order chi connectivity index (χ1) is 25.9. The maximum absolute atomic E-state index is 12.6. The van der Waals surface area contributed by atoms with E-state index in [-0.39, 0.29) is 36.1 Å². The Morgan fingerprint density at radius 3 is 1.93 bits per heavy atom. The first kappa shape index (κ1) is 38.1. The van der Waals surface area contributed by atoms with Gasteiger partial charge >= 0.3 is 12.1 Å². The van der Waals surface area contributed by atoms with Crippen LogP contribution in [0.15, 0.2) is 43.3 Å². The Labute approximate surface area is 313 Å². The van der Waals surface area contributed by atoms with Gasteiger partial charge in [0, 0.05) is 80.1 Å². The molecule has 4 unspecified atom stereocenters. The van der Waals surface area contributed by atoms with E-state index in [0.717, 1.165) is 46.1 Å². The molecule has 0 bridgehead atoms. The van der Waals surface area contributed by atoms with E-state index in [4.69, 9.17) is 8.83 Å². The molecule has 8 amide bonds. The van der Waals surface area contributed by atoms with Crippen molar-refractivity contribution in [3.05, 3.63) is 36.0 Å². The number of nitrogens with zero attached hydrogens (tertiary/aromatic N) is 8. The van der Waals surface area contributed by atoms with Gasteiger partial charge in [-0.2, -0.15) is 0 Å². The summed E-state index contributed by atoms with van der Waals surface area (Å²) < 4.78 is 11.8. The van der Waals surface area contributed by atoms with Crippen LogP contribution in [0.25, 0.3) is 11.3 Å². The van der Waals surface area contributed by atoms with Gasteiger partial charge < -0.3 is 39.1 Å². The average molecular weight is 749 g/mol. The molecule has 4 aliphatic heterocycles. The Morgan fingerprint density at radius 1 is 0.704 bits per heavy atom. The van der Waals surface area contributed by atoms with Gasteiger partial charge in [0.15, 0.2) is 24.4 Å². The van der Waals surface area contributed by atoms with Crippen LogP contribution in [0, 0.1) is 0 Å². The molecule has 2 aromatic heterocycles. The Bertz CT molecular complexity index is 1800. The number of fused-ring (bicyclic) bond motifs is 2. The summed E-state index contributed by atoms with van der Waals surface area (Å²) in [5.74, 6) is 1.54. The van der Waals surface area contributed by atoms with Crippen molar-refractivity contribution in [3.8, 4) is 11.3 Å². The van der Waals surface area contributed by atoms with E-state index in [2.05, 4.69) is 20.6 Å². The van der Waals surface area contributed by atoms with E-state index < -0.39 is 30.4 Å². The van der Waals surface area contributed by atoms with E-state index in [0.29, 0.717) is 57.6 Å². The first-order valence-corrected chi connectivity index (χ1v) is 18.3. The Kier molecular flexibility index (Phi) is 11.7. The molecule has 18 nitrogen and oxygen atoms in total. The number of imide groups is 2. The second kappa shape index (κ2) is 16.6. The molecule has 2 aromatic rings. The van der Waals surface area contributed by atoms with E-state index in [9.17, 15) is 28.8 Å². The fourth-order valence-corrected chi connectivity index (χ4v) is 7.08. The Hall–Kier alpha value is -5.68. The SMILES string of the molecule is CN1C(=O)C2C(N=CN2CCCC(=O)NCCCc2cc(-c3ccc(CCCCNC(=O)CCN4C=NC5C4C(=O)N(C)C(=O)N5C)o3)co2)N(C)C1=O. The minimum absolute atomic E-state index is 0.0706. The van der Waals surface area contributed by atoms with Crippen LogP contribution in [0.5, 0.6) is 0 Å². The molecule has 6 rings (SSSR count). The van der Waals surface area contributed by atoms with Crippen LogP contribution in [0.3, 0.4) is 0 Å². The molecule has 54 heavy (non-hydrogen) atoms. The van der Waals surface area contributed by atoms with Gasteiger partial charge in [-0.15, -0.1) is 0 Å². The number of nitrogens with one attached hydrogen (secondary N) is 2. The minimum Gasteiger partial charge on any atom is -0.469 e. The molecule has 4 aliphatic rings. The highest BCUT2D eigenvalue weighted by Gasteiger charge is 2.49. The van der Waals surface area contributed by atoms with Gasteiger partial charge in [-0.25, -0.2) is 19.6 Å². The van der Waals surface area contributed by atoms with Crippen molar-refractivity contribution in [2.24, 2.45) is 9.98 Å². The molecule has 0 radical (unpaired) electrons. The van der Waals surface area contributed by atoms with Crippen molar-refractivity contribution >= 4 is 48.4 Å². The number of likely N-dealkylation sites (N-methyl/N-ethyl adjacent to an activating group) is 4. The largest absolute Gasteiger partial charge is 0.469 e. The fraction of sp³-hybridized carbons (Fsp3) is 0.556. The average Bonchev–Trinajstić information content (AvgIpc) is 3.99. The number of rotatable bonds is 17. The maximum atomic E-state index is 12.6. The molecule has 2 fully saturated rings. The highest BCUT2D eigenvalue weighted by molar-refractivity contribution is 6.02. The summed E-state index contributed by atoms with van der Waals surface area (Å²) in [6.07, 6.45) is 8.41. The molecule has 0 aromatic carbocycles. The lowest BCUT2D eigenvalue weighted by molar-refractivity contribution is -0.137. The third-order valence-electron chi connectivity index (χ3n) is 10.3. The van der Waals surface area contributed by atoms with E-state index in [1.807, 2.05) is 18.2 Å². The topological polar surface area (TPSA) is 197 Å². The van der Waals surface area contributed by atoms with Crippen LogP contribution < -0.4 is 10.6 Å². The van der Waals surface area contributed by atoms with Crippen LogP contribution in [-0.2, 0) is 32.0 Å². The van der Waals surface area contributed by atoms with Crippen LogP contribution in [-0.4, -0.2) is 157 Å². The highest BCUT2D eigenvalue weighted by Crippen LogP contribution is 2.27. The van der Waals surface area contributed by atoms with Crippen LogP contribution in [0.4, 0.5) is 9.59 Å². The lowest BCUT2D eigenvalue weighted by atomic mass is 10.1. The van der Waals surface area contributed by atoms with Gasteiger partial charge in [-0.05, 0) is 43.9 Å². The van der Waals surface area contributed by atoms with Gasteiger partial charge in [0.25, 0.3) is 11.8 Å². The molecule has 2 N–H and O–H groups in total. The summed E-state index contributed by atoms with van der Waals surface area (Å²) in [4.78, 5) is 91.8. The molecule has 0 aliphatic carbocycles. The number of carbonyl (C=O) groups is 6. The van der Waals surface area contributed by atoms with Crippen LogP contribution >= 0.6 is 0 Å². The third-order valence-corrected chi connectivity index (χ3v) is 10.3. The lowest BCUT2D eigenvalue weighted by Gasteiger charge is -2.39. The molecule has 18 heteroatoms. The number of unbranched alkanes of at least 4 members (excludes halogenated alkanes) is 1. The zero-order valence-corrected chi connectivity index (χ0v) is 31.1. The van der Waals surface area contributed by atoms with Crippen molar-refractivity contribution in [2.45, 2.75) is 75.8 Å². The molecule has 6 heterocycles. The van der Waals surface area contributed by atoms with Crippen molar-refractivity contribution in [3.63, 3.8) is 0 Å². The lowest BCUT2D eigenvalue weighted by Crippen LogP contribution is -2.63. The van der Waals surface area contributed by atoms with E-state index in [1.54, 1.807) is 42.8 Å². The normalized spacial score (nSPS) is 22.1. The number of aliphatic imine (C=N–C) groups is 2. The standard InChI is InChI=1S/C36H48N10O8/c1-41-31-29(33(49)43(3)35(41)51)45(21-39-31)17-8-11-27(47)38-16-7-10-25-19-23(20-53-25)26-13-12-24(54-26)9-5-6-15-37-28(48)14-18-46-22-40-32-30(46)34(50)44(4)36(52)42(32)2/h12-13,19-22,29-32H,5-11,14-18H2,1-4H3,(H,37,48)(H,38,47). The highest BCUT2D eigenvalue weighted by atomic mass is 16.4. The van der Waals surface area contributed by atoms with Crippen LogP contribution in [0.2, 0.25) is 0 Å². The number of hydrogen-bond acceptors (Lipinski definition) is 12. The Balaban J connectivity index is 0.816. The third kappa shape index (κ3) is 8.11. The van der Waals surface area contributed by atoms with E-state index in [1.165, 1.54) is 23.9 Å². The summed E-state index contributed by atoms with van der Waals surface area (Å²) in [6.45, 7) is 1.83. The Morgan fingerprint density at radius 2 is 1.28 bits per heavy atom. The van der Waals surface area contributed by atoms with Crippen molar-refractivity contribution in [1.29, 1.82) is 0 Å². The molecule has 0 spiro atoms. The number of amides is 8. The number of furan rings is 2. The zero-order valence-electron chi connectivity index (χ0n) is 31.1. The van der Waals surface area contributed by atoms with Gasteiger partial charge in [0.1, 0.15) is 23.5 Å². The minimum atomic E-state index is -0.612. The monoisotopic (exact) mass is 748 g/mol. The summed E-state index contributed by atoms with van der Waals surface area (Å²) >= 11 is 0. The number of hydrogen-bond donors (Lipinski definition) is 2. The van der Waals surface area contributed by atoms with Gasteiger partial charge in [0.2, 0.25) is 11.8 Å². The number of aryl methyl sites for hydroxylation is 2. The predicted molar refractivity (Wildman–Crippen MR) is 195 cm³/mol. The molecule has 2 saturated heterocycles. The maximum Gasteiger partial charge on any atom is 0.328 e. The van der Waals surface area contributed by atoms with Gasteiger partial charge in [0.05, 0.1) is 18.2 Å². The molecular formula is C36H48N10O8. The summed E-state index contributed by atoms with van der Waals surface area (Å²) in [5.41, 5.74) is 0.840. The van der Waals surface area contributed by atoms with Crippen molar-refractivity contribution < 1.29 is 37.6 Å². The van der Waals surface area contributed by atoms with Crippen LogP contribution in [0.1, 0.15) is 50.0 Å². The second-order valence-corrected chi connectivity index (χ2v) is 14.0. The zero-order chi connectivity index (χ0) is 38.5. The summed E-state index contributed by atoms with van der Waals surface area (Å²) in [7, 11) is 6.15. The van der Waals surface area contributed by atoms with E-state index >= 15 is 0 Å². The fourth-order valence-electron chi connectivity index (χ4n) is 7.08. The quantitative estimate of drug-likeness (QED) is 0.223. The van der Waals surface area contributed by atoms with Crippen molar-refractivity contribution in [1.82, 2.24) is 40.0 Å². The molecule has 4 atom stereocenters. The summed E-state index contributed by atoms with van der Waals surface area (Å²) in [5, 5.41) is 5.87. The molecule has 0 saturated carbocycles. The second-order valence-electron chi connectivity index (χ2n) is 14.0. The number of carbonyl (C=O) groups excluding carboxylic acids is 6. The summed E-state index contributed by atoms with van der Waals surface area (Å²) in [6, 6.07) is 3.84. The number of urea groups is 2. The van der Waals surface area contributed by atoms with Gasteiger partial charge in [-0.3, -0.25) is 29.0 Å². The van der Waals surface area contributed by atoms with Gasteiger partial charge in [-0.1, -0.05) is 0 Å². The first-order valence-electron chi connectivity index (χ1n) is 18.3.